The van der Waals surface area contributed by atoms with E-state index < -0.39 is 5.97 Å². The molecule has 0 bridgehead atoms. The molecule has 0 fully saturated rings. The van der Waals surface area contributed by atoms with Gasteiger partial charge in [-0.1, -0.05) is 0 Å². The molecular formula is C4H7O3. The van der Waals surface area contributed by atoms with Crippen molar-refractivity contribution in [3.05, 3.63) is 0 Å². The molecule has 0 aliphatic rings. The van der Waals surface area contributed by atoms with Gasteiger partial charge in [0.25, 0.3) is 0 Å². The Bertz CT molecular complexity index is 60.0. The second kappa shape index (κ2) is 3.61. The first-order valence-corrected chi connectivity index (χ1v) is 2.07. The Morgan fingerprint density at radius 3 is 2.29 bits per heavy atom. The SMILES string of the molecule is [O]CCCC(=O)O. The molecule has 0 aromatic heterocycles. The second-order valence-electron chi connectivity index (χ2n) is 1.20. The van der Waals surface area contributed by atoms with Gasteiger partial charge in [0, 0.05) is 6.42 Å². The van der Waals surface area contributed by atoms with Gasteiger partial charge in [0.05, 0.1) is 6.61 Å². The van der Waals surface area contributed by atoms with E-state index in [0.29, 0.717) is 0 Å². The van der Waals surface area contributed by atoms with E-state index in [4.69, 9.17) is 5.11 Å². The maximum Gasteiger partial charge on any atom is 0.303 e. The zero-order chi connectivity index (χ0) is 5.70. The molecule has 1 radical (unpaired) electrons. The van der Waals surface area contributed by atoms with Gasteiger partial charge in [-0.2, -0.15) is 0 Å². The average molecular weight is 103 g/mol. The van der Waals surface area contributed by atoms with Crippen LogP contribution in [0.5, 0.6) is 0 Å². The highest BCUT2D eigenvalue weighted by molar-refractivity contribution is 5.66. The van der Waals surface area contributed by atoms with Gasteiger partial charge < -0.3 is 5.11 Å². The number of hydrogen-bond donors (Lipinski definition) is 1. The molecule has 0 amide bonds. The van der Waals surface area contributed by atoms with Crippen LogP contribution in [0.25, 0.3) is 0 Å². The smallest absolute Gasteiger partial charge is 0.303 e. The largest absolute Gasteiger partial charge is 0.481 e. The summed E-state index contributed by atoms with van der Waals surface area (Å²) in [5, 5.41) is 17.5. The summed E-state index contributed by atoms with van der Waals surface area (Å²) in [5.74, 6) is -0.893. The summed E-state index contributed by atoms with van der Waals surface area (Å²) in [5.41, 5.74) is 0. The summed E-state index contributed by atoms with van der Waals surface area (Å²) in [6.07, 6.45) is 0.249. The van der Waals surface area contributed by atoms with Gasteiger partial charge in [-0.15, -0.1) is 0 Å². The molecule has 0 aromatic carbocycles. The minimum absolute atomic E-state index is 0.00347. The van der Waals surface area contributed by atoms with E-state index in [2.05, 4.69) is 0 Å². The fourth-order valence-electron chi connectivity index (χ4n) is 0.223. The van der Waals surface area contributed by atoms with E-state index in [-0.39, 0.29) is 19.4 Å². The molecule has 0 aliphatic carbocycles. The quantitative estimate of drug-likeness (QED) is 0.557. The average Bonchev–Trinajstić information content (AvgIpc) is 1.61. The first-order chi connectivity index (χ1) is 3.27. The lowest BCUT2D eigenvalue weighted by Crippen LogP contribution is -1.94. The number of carboxylic acid groups (broad SMARTS) is 1. The van der Waals surface area contributed by atoms with E-state index in [1.807, 2.05) is 0 Å². The molecular weight excluding hydrogens is 96.0 g/mol. The maximum atomic E-state index is 9.62. The molecule has 0 spiro atoms. The van der Waals surface area contributed by atoms with Gasteiger partial charge in [-0.05, 0) is 6.42 Å². The van der Waals surface area contributed by atoms with E-state index >= 15 is 0 Å². The van der Waals surface area contributed by atoms with Crippen LogP contribution < -0.4 is 0 Å². The molecule has 3 heteroatoms. The summed E-state index contributed by atoms with van der Waals surface area (Å²) < 4.78 is 0. The maximum absolute atomic E-state index is 9.62. The van der Waals surface area contributed by atoms with Crippen LogP contribution in [0.2, 0.25) is 0 Å². The van der Waals surface area contributed by atoms with Crippen LogP contribution >= 0.6 is 0 Å². The van der Waals surface area contributed by atoms with Crippen molar-refractivity contribution < 1.29 is 15.0 Å². The summed E-state index contributed by atoms with van der Waals surface area (Å²) in [6.45, 7) is -0.285. The Labute approximate surface area is 41.6 Å². The molecule has 0 atom stereocenters. The number of hydrogen-bond acceptors (Lipinski definition) is 1. The van der Waals surface area contributed by atoms with Crippen molar-refractivity contribution in [2.45, 2.75) is 12.8 Å². The molecule has 7 heavy (non-hydrogen) atoms. The van der Waals surface area contributed by atoms with Crippen LogP contribution in [0.4, 0.5) is 0 Å². The molecule has 0 saturated carbocycles. The third-order valence-corrected chi connectivity index (χ3v) is 0.535. The predicted octanol–water partition coefficient (Wildman–Crippen LogP) is 0.282. The van der Waals surface area contributed by atoms with Crippen molar-refractivity contribution in [3.63, 3.8) is 0 Å². The van der Waals surface area contributed by atoms with Crippen molar-refractivity contribution in [1.82, 2.24) is 0 Å². The molecule has 3 nitrogen and oxygen atoms in total. The molecule has 0 heterocycles. The summed E-state index contributed by atoms with van der Waals surface area (Å²) in [6, 6.07) is 0. The Morgan fingerprint density at radius 2 is 2.14 bits per heavy atom. The zero-order valence-corrected chi connectivity index (χ0v) is 3.89. The highest BCUT2D eigenvalue weighted by Gasteiger charge is 1.92. The molecule has 0 aliphatic heterocycles. The highest BCUT2D eigenvalue weighted by atomic mass is 16.4. The Balaban J connectivity index is 2.82. The van der Waals surface area contributed by atoms with Crippen LogP contribution in [-0.2, 0) is 9.90 Å². The number of aliphatic carboxylic acids is 1. The molecule has 0 saturated heterocycles. The van der Waals surface area contributed by atoms with Crippen LogP contribution in [0.15, 0.2) is 0 Å². The molecule has 0 aromatic rings. The van der Waals surface area contributed by atoms with Crippen LogP contribution in [0, 0.1) is 0 Å². The third kappa shape index (κ3) is 5.43. The molecule has 0 unspecified atom stereocenters. The van der Waals surface area contributed by atoms with Gasteiger partial charge in [0.2, 0.25) is 0 Å². The monoisotopic (exact) mass is 103 g/mol. The zero-order valence-electron chi connectivity index (χ0n) is 3.89. The lowest BCUT2D eigenvalue weighted by Gasteiger charge is -1.83. The lowest BCUT2D eigenvalue weighted by atomic mass is 10.3. The van der Waals surface area contributed by atoms with Crippen LogP contribution in [-0.4, -0.2) is 17.7 Å². The van der Waals surface area contributed by atoms with Gasteiger partial charge in [-0.3, -0.25) is 4.79 Å². The molecule has 0 rings (SSSR count). The standard InChI is InChI=1S/C4H7O3/c5-3-1-2-4(6)7/h1-3H2,(H,6,7). The van der Waals surface area contributed by atoms with Crippen molar-refractivity contribution in [2.75, 3.05) is 6.61 Å². The van der Waals surface area contributed by atoms with Crippen LogP contribution in [0.3, 0.4) is 0 Å². The Kier molecular flexibility index (Phi) is 3.32. The Hall–Kier alpha value is -0.570. The fourth-order valence-corrected chi connectivity index (χ4v) is 0.223. The second-order valence-corrected chi connectivity index (χ2v) is 1.20. The van der Waals surface area contributed by atoms with Gasteiger partial charge in [-0.25, -0.2) is 5.11 Å². The number of carbonyl (C=O) groups is 1. The normalized spacial score (nSPS) is 8.71. The van der Waals surface area contributed by atoms with E-state index in [0.717, 1.165) is 0 Å². The minimum atomic E-state index is -0.893. The first-order valence-electron chi connectivity index (χ1n) is 2.07. The van der Waals surface area contributed by atoms with Crippen molar-refractivity contribution in [3.8, 4) is 0 Å². The summed E-state index contributed by atoms with van der Waals surface area (Å²) in [7, 11) is 0. The van der Waals surface area contributed by atoms with E-state index in [9.17, 15) is 9.90 Å². The Morgan fingerprint density at radius 1 is 1.57 bits per heavy atom. The lowest BCUT2D eigenvalue weighted by molar-refractivity contribution is -0.137. The predicted molar refractivity (Wildman–Crippen MR) is 22.4 cm³/mol. The number of rotatable bonds is 3. The van der Waals surface area contributed by atoms with Crippen molar-refractivity contribution in [1.29, 1.82) is 0 Å². The third-order valence-electron chi connectivity index (χ3n) is 0.535. The van der Waals surface area contributed by atoms with E-state index in [1.165, 1.54) is 0 Å². The molecule has 1 N–H and O–H groups in total. The van der Waals surface area contributed by atoms with Crippen molar-refractivity contribution in [2.24, 2.45) is 0 Å². The van der Waals surface area contributed by atoms with Gasteiger partial charge in [0.1, 0.15) is 0 Å². The van der Waals surface area contributed by atoms with Crippen LogP contribution in [0.1, 0.15) is 12.8 Å². The molecule has 41 valence electrons. The van der Waals surface area contributed by atoms with Crippen molar-refractivity contribution >= 4 is 5.97 Å². The van der Waals surface area contributed by atoms with Gasteiger partial charge >= 0.3 is 5.97 Å². The topological polar surface area (TPSA) is 57.2 Å². The fraction of sp³-hybridized carbons (Fsp3) is 0.750. The summed E-state index contributed by atoms with van der Waals surface area (Å²) in [4.78, 5) is 9.62. The van der Waals surface area contributed by atoms with Gasteiger partial charge in [0.15, 0.2) is 0 Å². The highest BCUT2D eigenvalue weighted by Crippen LogP contribution is 1.84. The number of carboxylic acids is 1. The minimum Gasteiger partial charge on any atom is -0.481 e. The first kappa shape index (κ1) is 6.43. The summed E-state index contributed by atoms with van der Waals surface area (Å²) >= 11 is 0. The van der Waals surface area contributed by atoms with E-state index in [1.54, 1.807) is 0 Å².